The van der Waals surface area contributed by atoms with Crippen molar-refractivity contribution < 1.29 is 4.92 Å². The minimum Gasteiger partial charge on any atom is -0.378 e. The number of nitrogens with one attached hydrogen (secondary N) is 1. The topological polar surface area (TPSA) is 73.0 Å². The van der Waals surface area contributed by atoms with Crippen LogP contribution in [0.15, 0.2) is 24.5 Å². The lowest BCUT2D eigenvalue weighted by Gasteiger charge is -2.09. The van der Waals surface area contributed by atoms with Gasteiger partial charge in [-0.1, -0.05) is 23.2 Å². The summed E-state index contributed by atoms with van der Waals surface area (Å²) < 4.78 is 1.68. The van der Waals surface area contributed by atoms with Gasteiger partial charge in [-0.25, -0.2) is 0 Å². The van der Waals surface area contributed by atoms with E-state index in [-0.39, 0.29) is 15.7 Å². The zero-order chi connectivity index (χ0) is 14.0. The van der Waals surface area contributed by atoms with Crippen LogP contribution in [0.3, 0.4) is 0 Å². The highest BCUT2D eigenvalue weighted by molar-refractivity contribution is 6.39. The lowest BCUT2D eigenvalue weighted by atomic mass is 10.2. The lowest BCUT2D eigenvalue weighted by molar-refractivity contribution is -0.384. The number of hydrogen-bond acceptors (Lipinski definition) is 4. The summed E-state index contributed by atoms with van der Waals surface area (Å²) in [7, 11) is 1.81. The second kappa shape index (κ2) is 5.46. The van der Waals surface area contributed by atoms with E-state index in [2.05, 4.69) is 10.4 Å². The third-order valence-electron chi connectivity index (χ3n) is 2.47. The summed E-state index contributed by atoms with van der Waals surface area (Å²) >= 11 is 12.0. The van der Waals surface area contributed by atoms with Gasteiger partial charge in [0.15, 0.2) is 0 Å². The molecule has 0 aliphatic carbocycles. The number of nitro groups is 1. The van der Waals surface area contributed by atoms with Crippen molar-refractivity contribution in [3.63, 3.8) is 0 Å². The largest absolute Gasteiger partial charge is 0.378 e. The smallest absolute Gasteiger partial charge is 0.272 e. The Labute approximate surface area is 119 Å². The van der Waals surface area contributed by atoms with Crippen LogP contribution in [-0.2, 0) is 13.6 Å². The van der Waals surface area contributed by atoms with Gasteiger partial charge in [0.2, 0.25) is 0 Å². The molecule has 1 aromatic carbocycles. The fraction of sp³-hybridized carbons (Fsp3) is 0.182. The molecule has 1 N–H and O–H groups in total. The van der Waals surface area contributed by atoms with Crippen LogP contribution in [0.25, 0.3) is 0 Å². The SMILES string of the molecule is Cn1cc(CNc2c(Cl)cc([N+](=O)[O-])cc2Cl)cn1. The summed E-state index contributed by atoms with van der Waals surface area (Å²) in [6.45, 7) is 0.477. The molecule has 2 aromatic rings. The van der Waals surface area contributed by atoms with E-state index in [1.165, 1.54) is 12.1 Å². The molecule has 1 heterocycles. The number of halogens is 2. The van der Waals surface area contributed by atoms with Crippen molar-refractivity contribution in [3.8, 4) is 0 Å². The maximum absolute atomic E-state index is 10.7. The average Bonchev–Trinajstić information content (AvgIpc) is 2.73. The van der Waals surface area contributed by atoms with Crippen molar-refractivity contribution in [1.29, 1.82) is 0 Å². The van der Waals surface area contributed by atoms with Crippen LogP contribution in [0.1, 0.15) is 5.56 Å². The summed E-state index contributed by atoms with van der Waals surface area (Å²) in [6.07, 6.45) is 3.56. The molecule has 2 rings (SSSR count). The number of non-ortho nitro benzene ring substituents is 1. The molecular weight excluding hydrogens is 291 g/mol. The van der Waals surface area contributed by atoms with Gasteiger partial charge in [0, 0.05) is 37.5 Å². The Morgan fingerprint density at radius 1 is 1.42 bits per heavy atom. The Morgan fingerprint density at radius 2 is 2.05 bits per heavy atom. The Bertz CT molecular complexity index is 604. The van der Waals surface area contributed by atoms with E-state index < -0.39 is 4.92 Å². The molecule has 0 aliphatic heterocycles. The van der Waals surface area contributed by atoms with Gasteiger partial charge in [0.25, 0.3) is 5.69 Å². The van der Waals surface area contributed by atoms with E-state index in [0.29, 0.717) is 12.2 Å². The molecule has 100 valence electrons. The van der Waals surface area contributed by atoms with Gasteiger partial charge in [-0.3, -0.25) is 14.8 Å². The van der Waals surface area contributed by atoms with Gasteiger partial charge < -0.3 is 5.32 Å². The second-order valence-electron chi connectivity index (χ2n) is 3.92. The van der Waals surface area contributed by atoms with Crippen LogP contribution < -0.4 is 5.32 Å². The highest BCUT2D eigenvalue weighted by Crippen LogP contribution is 2.34. The number of nitrogens with zero attached hydrogens (tertiary/aromatic N) is 3. The van der Waals surface area contributed by atoms with Gasteiger partial charge in [-0.15, -0.1) is 0 Å². The molecule has 0 aliphatic rings. The van der Waals surface area contributed by atoms with Crippen molar-refractivity contribution in [1.82, 2.24) is 9.78 Å². The van der Waals surface area contributed by atoms with Gasteiger partial charge in [-0.2, -0.15) is 5.10 Å². The number of aromatic nitrogens is 2. The van der Waals surface area contributed by atoms with Crippen molar-refractivity contribution in [2.45, 2.75) is 6.54 Å². The molecule has 0 unspecified atom stereocenters. The van der Waals surface area contributed by atoms with Crippen LogP contribution in [0.4, 0.5) is 11.4 Å². The van der Waals surface area contributed by atoms with Crippen LogP contribution >= 0.6 is 23.2 Å². The molecule has 0 saturated heterocycles. The highest BCUT2D eigenvalue weighted by Gasteiger charge is 2.14. The van der Waals surface area contributed by atoms with E-state index >= 15 is 0 Å². The predicted octanol–water partition coefficient (Wildman–Crippen LogP) is 3.25. The minimum atomic E-state index is -0.539. The molecule has 1 aromatic heterocycles. The summed E-state index contributed by atoms with van der Waals surface area (Å²) in [5.74, 6) is 0. The monoisotopic (exact) mass is 300 g/mol. The van der Waals surface area contributed by atoms with Gasteiger partial charge in [0.1, 0.15) is 0 Å². The maximum Gasteiger partial charge on any atom is 0.272 e. The maximum atomic E-state index is 10.7. The third kappa shape index (κ3) is 3.15. The summed E-state index contributed by atoms with van der Waals surface area (Å²) in [4.78, 5) is 10.1. The molecule has 0 saturated carbocycles. The first-order valence-corrected chi connectivity index (χ1v) is 6.08. The average molecular weight is 301 g/mol. The van der Waals surface area contributed by atoms with Crippen molar-refractivity contribution in [2.24, 2.45) is 7.05 Å². The summed E-state index contributed by atoms with van der Waals surface area (Å²) in [6, 6.07) is 2.53. The summed E-state index contributed by atoms with van der Waals surface area (Å²) in [5.41, 5.74) is 1.28. The van der Waals surface area contributed by atoms with Crippen LogP contribution in [0, 0.1) is 10.1 Å². The molecule has 0 bridgehead atoms. The molecule has 8 heteroatoms. The Morgan fingerprint density at radius 3 is 2.53 bits per heavy atom. The zero-order valence-electron chi connectivity index (χ0n) is 9.93. The normalized spacial score (nSPS) is 10.5. The first-order chi connectivity index (χ1) is 8.97. The van der Waals surface area contributed by atoms with Crippen LogP contribution in [0.5, 0.6) is 0 Å². The number of anilines is 1. The first-order valence-electron chi connectivity index (χ1n) is 5.32. The Hall–Kier alpha value is -1.79. The molecular formula is C11H10Cl2N4O2. The van der Waals surface area contributed by atoms with Crippen molar-refractivity contribution >= 4 is 34.6 Å². The molecule has 6 nitrogen and oxygen atoms in total. The third-order valence-corrected chi connectivity index (χ3v) is 3.06. The number of hydrogen-bond donors (Lipinski definition) is 1. The quantitative estimate of drug-likeness (QED) is 0.695. The van der Waals surface area contributed by atoms with Gasteiger partial charge in [0.05, 0.1) is 26.9 Å². The first kappa shape index (κ1) is 13.6. The molecule has 0 fully saturated rings. The van der Waals surface area contributed by atoms with Gasteiger partial charge >= 0.3 is 0 Å². The highest BCUT2D eigenvalue weighted by atomic mass is 35.5. The molecule has 0 atom stereocenters. The zero-order valence-corrected chi connectivity index (χ0v) is 11.4. The molecule has 19 heavy (non-hydrogen) atoms. The standard InChI is InChI=1S/C11H10Cl2N4O2/c1-16-6-7(5-15-16)4-14-11-9(12)2-8(17(18)19)3-10(11)13/h2-3,5-6,14H,4H2,1H3. The van der Waals surface area contributed by atoms with Crippen molar-refractivity contribution in [2.75, 3.05) is 5.32 Å². The Balaban J connectivity index is 2.18. The van der Waals surface area contributed by atoms with Crippen LogP contribution in [-0.4, -0.2) is 14.7 Å². The predicted molar refractivity (Wildman–Crippen MR) is 73.7 cm³/mol. The number of benzene rings is 1. The lowest BCUT2D eigenvalue weighted by Crippen LogP contribution is -2.00. The fourth-order valence-electron chi connectivity index (χ4n) is 1.59. The summed E-state index contributed by atoms with van der Waals surface area (Å²) in [5, 5.41) is 18.1. The van der Waals surface area contributed by atoms with E-state index in [9.17, 15) is 10.1 Å². The van der Waals surface area contributed by atoms with E-state index in [0.717, 1.165) is 5.56 Å². The number of aryl methyl sites for hydroxylation is 1. The molecule has 0 spiro atoms. The fourth-order valence-corrected chi connectivity index (χ4v) is 2.20. The number of rotatable bonds is 4. The number of nitro benzene ring substituents is 1. The minimum absolute atomic E-state index is 0.137. The van der Waals surface area contributed by atoms with E-state index in [1.807, 2.05) is 13.2 Å². The molecule has 0 amide bonds. The Kier molecular flexibility index (Phi) is 3.92. The van der Waals surface area contributed by atoms with Crippen LogP contribution in [0.2, 0.25) is 10.0 Å². The van der Waals surface area contributed by atoms with E-state index in [4.69, 9.17) is 23.2 Å². The van der Waals surface area contributed by atoms with Gasteiger partial charge in [-0.05, 0) is 0 Å². The van der Waals surface area contributed by atoms with E-state index in [1.54, 1.807) is 10.9 Å². The second-order valence-corrected chi connectivity index (χ2v) is 4.73. The van der Waals surface area contributed by atoms with Crippen molar-refractivity contribution in [3.05, 3.63) is 50.2 Å². The molecule has 0 radical (unpaired) electrons.